The zero-order valence-corrected chi connectivity index (χ0v) is 16.8. The van der Waals surface area contributed by atoms with Crippen molar-refractivity contribution in [2.45, 2.75) is 47.1 Å². The monoisotopic (exact) mass is 417 g/mol. The Labute approximate surface area is 166 Å². The van der Waals surface area contributed by atoms with Gasteiger partial charge in [0.15, 0.2) is 11.7 Å². The number of hydrogen-bond donors (Lipinski definition) is 1. The van der Waals surface area contributed by atoms with Gasteiger partial charge in [0.1, 0.15) is 6.67 Å². The molecule has 0 saturated carbocycles. The molecule has 0 aliphatic heterocycles. The summed E-state index contributed by atoms with van der Waals surface area (Å²) in [6.45, 7) is 4.84. The summed E-state index contributed by atoms with van der Waals surface area (Å²) in [5, 5.41) is 2.81. The highest BCUT2D eigenvalue weighted by molar-refractivity contribution is 5.40. The van der Waals surface area contributed by atoms with E-state index in [1.54, 1.807) is 27.7 Å². The predicted octanol–water partition coefficient (Wildman–Crippen LogP) is 5.81. The van der Waals surface area contributed by atoms with E-state index in [1.165, 1.54) is 10.6 Å². The zero-order valence-electron chi connectivity index (χ0n) is 16.8. The van der Waals surface area contributed by atoms with E-state index >= 15 is 0 Å². The molecule has 0 aromatic carbocycles. The summed E-state index contributed by atoms with van der Waals surface area (Å²) in [4.78, 5) is 15.2. The minimum atomic E-state index is -1.58. The lowest BCUT2D eigenvalue weighted by Crippen LogP contribution is -2.21. The highest BCUT2D eigenvalue weighted by Crippen LogP contribution is 2.18. The van der Waals surface area contributed by atoms with E-state index in [-0.39, 0.29) is 31.2 Å². The van der Waals surface area contributed by atoms with Crippen molar-refractivity contribution >= 4 is 5.95 Å². The van der Waals surface area contributed by atoms with Crippen molar-refractivity contribution in [2.24, 2.45) is 0 Å². The fraction of sp³-hybridized carbons (Fsp3) is 0.400. The molecule has 9 heteroatoms. The number of rotatable bonds is 9. The third kappa shape index (κ3) is 7.32. The summed E-state index contributed by atoms with van der Waals surface area (Å²) >= 11 is 0. The number of nitrogens with zero attached hydrogens (tertiary/aromatic N) is 2. The molecule has 0 radical (unpaired) electrons. The van der Waals surface area contributed by atoms with Gasteiger partial charge in [-0.25, -0.2) is 17.6 Å². The van der Waals surface area contributed by atoms with Gasteiger partial charge in [-0.3, -0.25) is 4.79 Å². The first kappa shape index (κ1) is 24.3. The molecule has 160 valence electrons. The van der Waals surface area contributed by atoms with Crippen LogP contribution in [0, 0.1) is 5.82 Å². The van der Waals surface area contributed by atoms with E-state index in [2.05, 4.69) is 10.3 Å². The zero-order chi connectivity index (χ0) is 22.1. The Morgan fingerprint density at radius 1 is 1.17 bits per heavy atom. The van der Waals surface area contributed by atoms with Crippen molar-refractivity contribution in [3.05, 3.63) is 68.8 Å². The van der Waals surface area contributed by atoms with Crippen LogP contribution in [0.4, 0.5) is 27.9 Å². The minimum Gasteiger partial charge on any atom is -0.329 e. The molecule has 0 spiro atoms. The van der Waals surface area contributed by atoms with Crippen molar-refractivity contribution in [3.8, 4) is 0 Å². The van der Waals surface area contributed by atoms with E-state index < -0.39 is 29.7 Å². The molecule has 0 aliphatic carbocycles. The maximum Gasteiger partial charge on any atom is 0.310 e. The number of allylic oxidation sites excluding steroid dienone is 8. The van der Waals surface area contributed by atoms with Crippen LogP contribution in [0.25, 0.3) is 0 Å². The largest absolute Gasteiger partial charge is 0.329 e. The SMILES string of the molecule is CC/C(F)=C\C(C)=C(/C)Nc1nc(=O)c(F)cn1C/C(=C/C(F)=C(/F)CF)CC. The molecule has 29 heavy (non-hydrogen) atoms. The molecular formula is C20H24F5N3O. The predicted molar refractivity (Wildman–Crippen MR) is 104 cm³/mol. The first-order valence-corrected chi connectivity index (χ1v) is 8.99. The van der Waals surface area contributed by atoms with E-state index in [1.807, 2.05) is 0 Å². The van der Waals surface area contributed by atoms with Gasteiger partial charge < -0.3 is 9.88 Å². The summed E-state index contributed by atoms with van der Waals surface area (Å²) in [6, 6.07) is 0. The molecule has 0 saturated heterocycles. The van der Waals surface area contributed by atoms with Crippen LogP contribution >= 0.6 is 0 Å². The van der Waals surface area contributed by atoms with Crippen molar-refractivity contribution < 1.29 is 22.0 Å². The van der Waals surface area contributed by atoms with Gasteiger partial charge in [0.05, 0.1) is 5.83 Å². The van der Waals surface area contributed by atoms with Crippen LogP contribution < -0.4 is 10.9 Å². The molecule has 0 bridgehead atoms. The van der Waals surface area contributed by atoms with Crippen molar-refractivity contribution in [1.82, 2.24) is 9.55 Å². The molecule has 1 heterocycles. The number of anilines is 1. The van der Waals surface area contributed by atoms with Gasteiger partial charge in [0.25, 0.3) is 0 Å². The van der Waals surface area contributed by atoms with Gasteiger partial charge in [-0.2, -0.15) is 9.37 Å². The summed E-state index contributed by atoms with van der Waals surface area (Å²) in [5.41, 5.74) is 0.174. The number of hydrogen-bond acceptors (Lipinski definition) is 3. The Hall–Kier alpha value is -2.71. The van der Waals surface area contributed by atoms with Gasteiger partial charge in [0.2, 0.25) is 11.8 Å². The third-order valence-corrected chi connectivity index (χ3v) is 4.09. The van der Waals surface area contributed by atoms with Crippen molar-refractivity contribution in [2.75, 3.05) is 12.0 Å². The van der Waals surface area contributed by atoms with Crippen LogP contribution in [0.2, 0.25) is 0 Å². The summed E-state index contributed by atoms with van der Waals surface area (Å²) in [5.74, 6) is -4.44. The fourth-order valence-corrected chi connectivity index (χ4v) is 2.20. The van der Waals surface area contributed by atoms with Crippen LogP contribution in [0.15, 0.2) is 57.5 Å². The first-order chi connectivity index (χ1) is 13.6. The average molecular weight is 417 g/mol. The second kappa shape index (κ2) is 11.3. The van der Waals surface area contributed by atoms with Crippen LogP contribution in [0.3, 0.4) is 0 Å². The van der Waals surface area contributed by atoms with E-state index in [9.17, 15) is 26.7 Å². The van der Waals surface area contributed by atoms with Gasteiger partial charge >= 0.3 is 5.56 Å². The Kier molecular flexibility index (Phi) is 9.50. The first-order valence-electron chi connectivity index (χ1n) is 8.99. The topological polar surface area (TPSA) is 46.9 Å². The maximum atomic E-state index is 13.8. The Balaban J connectivity index is 3.36. The lowest BCUT2D eigenvalue weighted by molar-refractivity contribution is 0.434. The van der Waals surface area contributed by atoms with Crippen molar-refractivity contribution in [1.29, 1.82) is 0 Å². The Morgan fingerprint density at radius 2 is 1.83 bits per heavy atom. The van der Waals surface area contributed by atoms with Gasteiger partial charge in [0, 0.05) is 18.4 Å². The Morgan fingerprint density at radius 3 is 2.38 bits per heavy atom. The Bertz CT molecular complexity index is 913. The van der Waals surface area contributed by atoms with E-state index in [0.717, 1.165) is 12.3 Å². The third-order valence-electron chi connectivity index (χ3n) is 4.09. The molecule has 0 fully saturated rings. The molecule has 1 rings (SSSR count). The standard InChI is InChI=1S/C20H24F5N3O/c1-5-14(8-16(23)17(24)9-21)10-28-11-18(25)19(29)27-20(28)26-13(4)12(3)7-15(22)6-2/h7-8,11H,5-6,9-10H2,1-4H3,(H,26,27,29)/b13-12+,14-8+,15-7+,17-16-. The molecule has 0 atom stereocenters. The van der Waals surface area contributed by atoms with Crippen LogP contribution in [-0.2, 0) is 6.54 Å². The van der Waals surface area contributed by atoms with Crippen LogP contribution in [-0.4, -0.2) is 16.2 Å². The second-order valence-corrected chi connectivity index (χ2v) is 6.27. The van der Waals surface area contributed by atoms with Crippen LogP contribution in [0.1, 0.15) is 40.5 Å². The summed E-state index contributed by atoms with van der Waals surface area (Å²) in [7, 11) is 0. The lowest BCUT2D eigenvalue weighted by atomic mass is 10.1. The van der Waals surface area contributed by atoms with E-state index in [0.29, 0.717) is 16.8 Å². The number of aromatic nitrogens is 2. The quantitative estimate of drug-likeness (QED) is 0.408. The maximum absolute atomic E-state index is 13.8. The highest BCUT2D eigenvalue weighted by atomic mass is 19.2. The van der Waals surface area contributed by atoms with Crippen molar-refractivity contribution in [3.63, 3.8) is 0 Å². The second-order valence-electron chi connectivity index (χ2n) is 6.27. The number of alkyl halides is 1. The number of nitrogens with one attached hydrogen (secondary N) is 1. The average Bonchev–Trinajstić information content (AvgIpc) is 2.69. The number of halogens is 5. The lowest BCUT2D eigenvalue weighted by Gasteiger charge is -2.16. The summed E-state index contributed by atoms with van der Waals surface area (Å²) < 4.78 is 67.4. The minimum absolute atomic E-state index is 0.0618. The molecule has 1 aromatic heterocycles. The molecular weight excluding hydrogens is 393 g/mol. The smallest absolute Gasteiger partial charge is 0.310 e. The van der Waals surface area contributed by atoms with Gasteiger partial charge in [-0.15, -0.1) is 0 Å². The normalized spacial score (nSPS) is 14.5. The molecule has 1 N–H and O–H groups in total. The van der Waals surface area contributed by atoms with E-state index in [4.69, 9.17) is 0 Å². The van der Waals surface area contributed by atoms with Crippen LogP contribution in [0.5, 0.6) is 0 Å². The molecule has 4 nitrogen and oxygen atoms in total. The summed E-state index contributed by atoms with van der Waals surface area (Å²) in [6.07, 6.45) is 3.47. The fourth-order valence-electron chi connectivity index (χ4n) is 2.20. The van der Waals surface area contributed by atoms with Gasteiger partial charge in [-0.05, 0) is 50.0 Å². The van der Waals surface area contributed by atoms with Gasteiger partial charge in [-0.1, -0.05) is 13.8 Å². The molecule has 1 aromatic rings. The molecule has 0 unspecified atom stereocenters. The highest BCUT2D eigenvalue weighted by Gasteiger charge is 2.12. The molecule has 0 amide bonds. The molecule has 0 aliphatic rings.